The Kier molecular flexibility index (Phi) is 5.10. The van der Waals surface area contributed by atoms with Crippen LogP contribution < -0.4 is 4.46 Å². The standard InChI is InChI=1S/C32H17N8.ClH.Cu/c1-2-10-18-17(9-1)25-33-26(18)38-28-21-13-5-6-14-22(21)30(35-28)40-32-24-16-8-7-15-23(24)31(36-32)39-29-20-12-4-3-11-19(20)27(34-29)37-25;;/h1-15H,(H2,33,34,35,36,37,38,39,40);1H;/q;;+1/p-1. The molecule has 4 aromatic carbocycles. The molecule has 8 bridgehead atoms. The van der Waals surface area contributed by atoms with Gasteiger partial charge in [-0.25, -0.2) is 0 Å². The molecule has 0 atom stereocenters. The summed E-state index contributed by atoms with van der Waals surface area (Å²) in [5.74, 6) is 2.26. The molecule has 2 aliphatic rings. The van der Waals surface area contributed by atoms with E-state index in [-0.39, 0.29) is 0 Å². The molecular formula is C32H17ClCuN8. The molecule has 8 nitrogen and oxygen atoms in total. The molecule has 3 aromatic heterocycles. The van der Waals surface area contributed by atoms with Gasteiger partial charge in [-0.15, -0.1) is 0 Å². The third-order valence-corrected chi connectivity index (χ3v) is 8.65. The van der Waals surface area contributed by atoms with Crippen LogP contribution in [0.15, 0.2) is 91.0 Å². The first-order valence-electron chi connectivity index (χ1n) is 13.2. The molecule has 0 saturated carbocycles. The topological polar surface area (TPSA) is 109 Å². The van der Waals surface area contributed by atoms with Crippen LogP contribution in [0, 0.1) is 0 Å². The minimum atomic E-state index is 0.555. The van der Waals surface area contributed by atoms with Crippen molar-refractivity contribution >= 4 is 58.7 Å². The minimum absolute atomic E-state index is 0.555. The molecule has 0 fully saturated rings. The summed E-state index contributed by atoms with van der Waals surface area (Å²) in [5, 5.41) is 3.63. The van der Waals surface area contributed by atoms with E-state index in [9.17, 15) is 0 Å². The van der Waals surface area contributed by atoms with Gasteiger partial charge in [-0.2, -0.15) is 0 Å². The van der Waals surface area contributed by atoms with Crippen molar-refractivity contribution in [2.24, 2.45) is 0 Å². The van der Waals surface area contributed by atoms with Crippen LogP contribution in [-0.4, -0.2) is 39.9 Å². The van der Waals surface area contributed by atoms with E-state index in [0.717, 1.165) is 48.3 Å². The molecule has 0 radical (unpaired) electrons. The number of aromatic amines is 2. The quantitative estimate of drug-likeness (QED) is 0.199. The van der Waals surface area contributed by atoms with Crippen LogP contribution in [0.2, 0.25) is 0 Å². The van der Waals surface area contributed by atoms with Crippen molar-refractivity contribution in [1.29, 1.82) is 0 Å². The van der Waals surface area contributed by atoms with Crippen LogP contribution in [0.25, 0.3) is 89.7 Å². The van der Waals surface area contributed by atoms with Crippen LogP contribution in [0.1, 0.15) is 0 Å². The second kappa shape index (κ2) is 9.03. The second-order valence-corrected chi connectivity index (χ2v) is 11.1. The molecular weight excluding hydrogens is 595 g/mol. The fourth-order valence-corrected chi connectivity index (χ4v) is 6.54. The van der Waals surface area contributed by atoms with Crippen molar-refractivity contribution in [3.05, 3.63) is 91.0 Å². The van der Waals surface area contributed by atoms with Crippen molar-refractivity contribution in [2.75, 3.05) is 0 Å². The molecule has 2 N–H and O–H groups in total. The number of H-pyrrole nitrogens is 2. The molecule has 5 heterocycles. The molecule has 42 heavy (non-hydrogen) atoms. The van der Waals surface area contributed by atoms with E-state index < -0.39 is 0 Å². The molecule has 0 aliphatic carbocycles. The number of aromatic nitrogens is 8. The van der Waals surface area contributed by atoms with Gasteiger partial charge in [0.05, 0.1) is 0 Å². The molecule has 0 amide bonds. The third-order valence-electron chi connectivity index (χ3n) is 7.56. The van der Waals surface area contributed by atoms with Gasteiger partial charge in [-0.1, -0.05) is 6.07 Å². The number of halogens is 1. The van der Waals surface area contributed by atoms with Gasteiger partial charge in [0.25, 0.3) is 0 Å². The second-order valence-electron chi connectivity index (χ2n) is 9.92. The number of fused-ring (bicyclic) bond motifs is 20. The first kappa shape index (κ1) is 23.7. The third kappa shape index (κ3) is 3.48. The molecule has 0 unspecified atom stereocenters. The van der Waals surface area contributed by atoms with E-state index in [1.807, 2.05) is 91.0 Å². The van der Waals surface area contributed by atoms with E-state index in [2.05, 4.69) is 9.97 Å². The van der Waals surface area contributed by atoms with Gasteiger partial charge in [-0.3, -0.25) is 0 Å². The summed E-state index contributed by atoms with van der Waals surface area (Å²) >= 11 is 1.25. The zero-order valence-corrected chi connectivity index (χ0v) is 23.2. The van der Waals surface area contributed by atoms with Crippen LogP contribution in [0.3, 0.4) is 0 Å². The summed E-state index contributed by atoms with van der Waals surface area (Å²) in [7, 11) is 6.33. The normalized spacial score (nSPS) is 12.1. The number of nitrogens with zero attached hydrogens (tertiary/aromatic N) is 6. The maximum atomic E-state index is 6.33. The number of hydrogen-bond acceptors (Lipinski definition) is 6. The van der Waals surface area contributed by atoms with Crippen molar-refractivity contribution in [3.63, 3.8) is 0 Å². The molecule has 9 rings (SSSR count). The van der Waals surface area contributed by atoms with Gasteiger partial charge in [-0.05, 0) is 0 Å². The Morgan fingerprint density at radius 3 is 1.33 bits per heavy atom. The van der Waals surface area contributed by atoms with Gasteiger partial charge in [0, 0.05) is 0 Å². The summed E-state index contributed by atoms with van der Waals surface area (Å²) < 4.78 is 0.856. The van der Waals surface area contributed by atoms with E-state index in [4.69, 9.17) is 40.0 Å². The van der Waals surface area contributed by atoms with Crippen LogP contribution in [0.5, 0.6) is 0 Å². The number of nitrogens with one attached hydrogen (secondary N) is 2. The number of benzene rings is 4. The number of hydrogen-bond donors (Lipinski definition) is 2. The predicted molar refractivity (Wildman–Crippen MR) is 162 cm³/mol. The van der Waals surface area contributed by atoms with Gasteiger partial charge in [0.15, 0.2) is 0 Å². The molecule has 10 heteroatoms. The zero-order valence-electron chi connectivity index (χ0n) is 21.5. The SMILES string of the molecule is [Cl][Cu][c]1cccc2c3nc4nc(nc5[nH]c(nc6nc(nc([nH]3)c12)-c1ccccc1-6)c1ccccc51)-c1ccccc1-4. The van der Waals surface area contributed by atoms with Crippen molar-refractivity contribution in [3.8, 4) is 45.6 Å². The van der Waals surface area contributed by atoms with Crippen LogP contribution >= 0.6 is 10.1 Å². The van der Waals surface area contributed by atoms with E-state index in [0.29, 0.717) is 45.9 Å². The van der Waals surface area contributed by atoms with Crippen molar-refractivity contribution in [2.45, 2.75) is 0 Å². The maximum absolute atomic E-state index is 6.33. The molecule has 7 aromatic rings. The average Bonchev–Trinajstić information content (AvgIpc) is 3.76. The van der Waals surface area contributed by atoms with Gasteiger partial charge >= 0.3 is 243 Å². The Labute approximate surface area is 248 Å². The Bertz CT molecular complexity index is 2420. The van der Waals surface area contributed by atoms with E-state index in [1.165, 1.54) is 14.0 Å². The Morgan fingerprint density at radius 2 is 0.833 bits per heavy atom. The van der Waals surface area contributed by atoms with Gasteiger partial charge in [0.2, 0.25) is 0 Å². The first-order chi connectivity index (χ1) is 20.7. The molecule has 203 valence electrons. The van der Waals surface area contributed by atoms with Crippen LogP contribution in [-0.2, 0) is 14.0 Å². The Morgan fingerprint density at radius 1 is 0.429 bits per heavy atom. The Hall–Kier alpha value is -4.95. The van der Waals surface area contributed by atoms with Crippen molar-refractivity contribution < 1.29 is 14.0 Å². The molecule has 0 saturated heterocycles. The Balaban J connectivity index is 1.52. The molecule has 2 aliphatic heterocycles. The summed E-state index contributed by atoms with van der Waals surface area (Å²) in [6.45, 7) is 0. The first-order valence-corrected chi connectivity index (χ1v) is 14.9. The predicted octanol–water partition coefficient (Wildman–Crippen LogP) is 6.73. The van der Waals surface area contributed by atoms with Gasteiger partial charge in [0.1, 0.15) is 0 Å². The van der Waals surface area contributed by atoms with Crippen LogP contribution in [0.4, 0.5) is 0 Å². The monoisotopic (exact) mass is 611 g/mol. The summed E-state index contributed by atoms with van der Waals surface area (Å²) in [4.78, 5) is 36.9. The van der Waals surface area contributed by atoms with Gasteiger partial charge < -0.3 is 0 Å². The molecule has 0 spiro atoms. The summed E-state index contributed by atoms with van der Waals surface area (Å²) in [6, 6.07) is 30.0. The zero-order chi connectivity index (χ0) is 27.8. The summed E-state index contributed by atoms with van der Waals surface area (Å²) in [6.07, 6.45) is 0. The number of rotatable bonds is 1. The average molecular weight is 613 g/mol. The van der Waals surface area contributed by atoms with Crippen molar-refractivity contribution in [1.82, 2.24) is 39.9 Å². The fourth-order valence-electron chi connectivity index (χ4n) is 5.67. The van der Waals surface area contributed by atoms with E-state index >= 15 is 0 Å². The summed E-state index contributed by atoms with van der Waals surface area (Å²) in [5.41, 5.74) is 6.18. The van der Waals surface area contributed by atoms with E-state index in [1.54, 1.807) is 0 Å². The fraction of sp³-hybridized carbons (Fsp3) is 0.